The minimum atomic E-state index is -4.80. The Labute approximate surface area is 75.9 Å². The van der Waals surface area contributed by atoms with Gasteiger partial charge in [-0.1, -0.05) is 0 Å². The number of pyridine rings is 1. The van der Waals surface area contributed by atoms with Crippen molar-refractivity contribution in [3.05, 3.63) is 24.0 Å². The summed E-state index contributed by atoms with van der Waals surface area (Å²) in [6.45, 7) is 0. The van der Waals surface area contributed by atoms with E-state index in [2.05, 4.69) is 9.72 Å². The Morgan fingerprint density at radius 3 is 2.43 bits per heavy atom. The van der Waals surface area contributed by atoms with Gasteiger partial charge in [0, 0.05) is 0 Å². The van der Waals surface area contributed by atoms with Gasteiger partial charge in [0.2, 0.25) is 0 Å². The van der Waals surface area contributed by atoms with Crippen molar-refractivity contribution < 1.29 is 27.8 Å². The van der Waals surface area contributed by atoms with Crippen LogP contribution in [-0.2, 0) is 0 Å². The van der Waals surface area contributed by atoms with Crippen LogP contribution in [0.3, 0.4) is 0 Å². The van der Waals surface area contributed by atoms with Crippen LogP contribution in [0.1, 0.15) is 10.5 Å². The second-order valence-corrected chi connectivity index (χ2v) is 2.23. The zero-order valence-electron chi connectivity index (χ0n) is 6.58. The highest BCUT2D eigenvalue weighted by Crippen LogP contribution is 2.21. The SMILES string of the molecule is O=C(O)c1ccc(OC(F)(F)F)cn1. The molecule has 0 unspecified atom stereocenters. The number of aromatic nitrogens is 1. The summed E-state index contributed by atoms with van der Waals surface area (Å²) in [5.74, 6) is -1.87. The number of ether oxygens (including phenoxy) is 1. The molecule has 0 aliphatic heterocycles. The lowest BCUT2D eigenvalue weighted by Gasteiger charge is -2.07. The average Bonchev–Trinajstić information content (AvgIpc) is 2.02. The molecule has 0 fully saturated rings. The average molecular weight is 207 g/mol. The number of carboxylic acids is 1. The summed E-state index contributed by atoms with van der Waals surface area (Å²) < 4.78 is 38.4. The third-order valence-corrected chi connectivity index (χ3v) is 1.19. The van der Waals surface area contributed by atoms with Gasteiger partial charge in [-0.15, -0.1) is 13.2 Å². The molecular weight excluding hydrogens is 203 g/mol. The normalized spacial score (nSPS) is 11.1. The minimum Gasteiger partial charge on any atom is -0.477 e. The Morgan fingerprint density at radius 2 is 2.07 bits per heavy atom. The molecule has 76 valence electrons. The van der Waals surface area contributed by atoms with Gasteiger partial charge in [0.15, 0.2) is 0 Å². The van der Waals surface area contributed by atoms with E-state index < -0.39 is 18.1 Å². The van der Waals surface area contributed by atoms with Crippen molar-refractivity contribution in [2.45, 2.75) is 6.36 Å². The van der Waals surface area contributed by atoms with Crippen LogP contribution in [0.2, 0.25) is 0 Å². The molecule has 1 heterocycles. The quantitative estimate of drug-likeness (QED) is 0.801. The van der Waals surface area contributed by atoms with Crippen LogP contribution in [0.4, 0.5) is 13.2 Å². The molecular formula is C7H4F3NO3. The number of alkyl halides is 3. The maximum absolute atomic E-state index is 11.6. The van der Waals surface area contributed by atoms with Crippen molar-refractivity contribution in [1.82, 2.24) is 4.98 Å². The second kappa shape index (κ2) is 3.52. The minimum absolute atomic E-state index is 0.348. The van der Waals surface area contributed by atoms with Crippen LogP contribution >= 0.6 is 0 Å². The highest BCUT2D eigenvalue weighted by Gasteiger charge is 2.31. The molecule has 1 aromatic rings. The van der Waals surface area contributed by atoms with Gasteiger partial charge in [-0.05, 0) is 12.1 Å². The van der Waals surface area contributed by atoms with Crippen molar-refractivity contribution in [3.63, 3.8) is 0 Å². The molecule has 0 saturated heterocycles. The first-order valence-corrected chi connectivity index (χ1v) is 3.33. The number of rotatable bonds is 2. The van der Waals surface area contributed by atoms with Crippen LogP contribution in [0.5, 0.6) is 5.75 Å². The van der Waals surface area contributed by atoms with Gasteiger partial charge in [0.1, 0.15) is 11.4 Å². The van der Waals surface area contributed by atoms with Crippen LogP contribution < -0.4 is 4.74 Å². The predicted molar refractivity (Wildman–Crippen MR) is 37.9 cm³/mol. The third-order valence-electron chi connectivity index (χ3n) is 1.19. The molecule has 0 atom stereocenters. The number of hydrogen-bond donors (Lipinski definition) is 1. The Kier molecular flexibility index (Phi) is 2.59. The maximum Gasteiger partial charge on any atom is 0.573 e. The molecule has 0 spiro atoms. The van der Waals surface area contributed by atoms with E-state index >= 15 is 0 Å². The molecule has 14 heavy (non-hydrogen) atoms. The number of carbonyl (C=O) groups is 1. The van der Waals surface area contributed by atoms with Gasteiger partial charge in [-0.3, -0.25) is 0 Å². The number of halogens is 3. The van der Waals surface area contributed by atoms with E-state index in [9.17, 15) is 18.0 Å². The fourth-order valence-electron chi connectivity index (χ4n) is 0.701. The Hall–Kier alpha value is -1.79. The summed E-state index contributed by atoms with van der Waals surface area (Å²) in [4.78, 5) is 13.5. The fraction of sp³-hybridized carbons (Fsp3) is 0.143. The Bertz CT molecular complexity index is 333. The van der Waals surface area contributed by atoms with Crippen molar-refractivity contribution >= 4 is 5.97 Å². The second-order valence-electron chi connectivity index (χ2n) is 2.23. The molecule has 0 aromatic carbocycles. The van der Waals surface area contributed by atoms with Crippen molar-refractivity contribution in [1.29, 1.82) is 0 Å². The molecule has 0 saturated carbocycles. The maximum atomic E-state index is 11.6. The monoisotopic (exact) mass is 207 g/mol. The van der Waals surface area contributed by atoms with E-state index in [1.807, 2.05) is 0 Å². The molecule has 1 rings (SSSR count). The van der Waals surface area contributed by atoms with Crippen LogP contribution in [0, 0.1) is 0 Å². The zero-order chi connectivity index (χ0) is 10.8. The van der Waals surface area contributed by atoms with Crippen molar-refractivity contribution in [2.75, 3.05) is 0 Å². The van der Waals surface area contributed by atoms with E-state index in [-0.39, 0.29) is 5.69 Å². The van der Waals surface area contributed by atoms with E-state index in [0.717, 1.165) is 12.1 Å². The van der Waals surface area contributed by atoms with Gasteiger partial charge in [0.05, 0.1) is 6.20 Å². The summed E-state index contributed by atoms with van der Waals surface area (Å²) in [6.07, 6.45) is -4.11. The molecule has 1 N–H and O–H groups in total. The number of carboxylic acid groups (broad SMARTS) is 1. The highest BCUT2D eigenvalue weighted by atomic mass is 19.4. The van der Waals surface area contributed by atoms with Crippen LogP contribution in [-0.4, -0.2) is 22.4 Å². The molecule has 4 nitrogen and oxygen atoms in total. The smallest absolute Gasteiger partial charge is 0.477 e. The van der Waals surface area contributed by atoms with Gasteiger partial charge in [-0.25, -0.2) is 9.78 Å². The van der Waals surface area contributed by atoms with Crippen LogP contribution in [0.25, 0.3) is 0 Å². The van der Waals surface area contributed by atoms with E-state index in [4.69, 9.17) is 5.11 Å². The molecule has 0 radical (unpaired) electrons. The van der Waals surface area contributed by atoms with Gasteiger partial charge in [-0.2, -0.15) is 0 Å². The van der Waals surface area contributed by atoms with E-state index in [1.165, 1.54) is 0 Å². The molecule has 0 bridgehead atoms. The largest absolute Gasteiger partial charge is 0.573 e. The lowest BCUT2D eigenvalue weighted by atomic mass is 10.3. The lowest BCUT2D eigenvalue weighted by Crippen LogP contribution is -2.17. The van der Waals surface area contributed by atoms with E-state index in [1.54, 1.807) is 0 Å². The van der Waals surface area contributed by atoms with Gasteiger partial charge < -0.3 is 9.84 Å². The Morgan fingerprint density at radius 1 is 1.43 bits per heavy atom. The zero-order valence-corrected chi connectivity index (χ0v) is 6.58. The first kappa shape index (κ1) is 10.3. The molecule has 0 amide bonds. The number of aromatic carboxylic acids is 1. The van der Waals surface area contributed by atoms with Gasteiger partial charge >= 0.3 is 12.3 Å². The van der Waals surface area contributed by atoms with Gasteiger partial charge in [0.25, 0.3) is 0 Å². The topological polar surface area (TPSA) is 59.4 Å². The molecule has 7 heteroatoms. The third kappa shape index (κ3) is 2.92. The Balaban J connectivity index is 2.79. The van der Waals surface area contributed by atoms with Crippen molar-refractivity contribution in [2.24, 2.45) is 0 Å². The predicted octanol–water partition coefficient (Wildman–Crippen LogP) is 1.68. The fourth-order valence-corrected chi connectivity index (χ4v) is 0.701. The molecule has 0 aliphatic rings. The summed E-state index contributed by atoms with van der Waals surface area (Å²) in [6, 6.07) is 1.80. The highest BCUT2D eigenvalue weighted by molar-refractivity contribution is 5.85. The summed E-state index contributed by atoms with van der Waals surface area (Å²) >= 11 is 0. The van der Waals surface area contributed by atoms with Crippen molar-refractivity contribution in [3.8, 4) is 5.75 Å². The lowest BCUT2D eigenvalue weighted by molar-refractivity contribution is -0.274. The first-order chi connectivity index (χ1) is 6.38. The standard InChI is InChI=1S/C7H4F3NO3/c8-7(9,10)14-4-1-2-5(6(12)13)11-3-4/h1-3H,(H,12,13). The van der Waals surface area contributed by atoms with E-state index in [0.29, 0.717) is 6.20 Å². The summed E-state index contributed by atoms with van der Waals surface area (Å²) in [5, 5.41) is 8.38. The number of hydrogen-bond acceptors (Lipinski definition) is 3. The first-order valence-electron chi connectivity index (χ1n) is 3.33. The molecule has 0 aliphatic carbocycles. The van der Waals surface area contributed by atoms with Crippen LogP contribution in [0.15, 0.2) is 18.3 Å². The summed E-state index contributed by atoms with van der Waals surface area (Å²) in [7, 11) is 0. The number of nitrogens with zero attached hydrogens (tertiary/aromatic N) is 1. The molecule has 1 aromatic heterocycles. The summed E-state index contributed by atoms with van der Waals surface area (Å²) in [5.41, 5.74) is -0.348.